The maximum atomic E-state index is 13.7. The lowest BCUT2D eigenvalue weighted by Gasteiger charge is -2.15. The minimum Gasteiger partial charge on any atom is -0.475 e. The fraction of sp³-hybridized carbons (Fsp3) is 0.250. The van der Waals surface area contributed by atoms with Gasteiger partial charge in [-0.1, -0.05) is 6.07 Å². The number of aromatic nitrogens is 4. The van der Waals surface area contributed by atoms with Crippen molar-refractivity contribution in [1.82, 2.24) is 19.2 Å². The molecule has 0 aliphatic rings. The second-order valence-electron chi connectivity index (χ2n) is 7.52. The molecule has 0 fully saturated rings. The van der Waals surface area contributed by atoms with Gasteiger partial charge in [0, 0.05) is 11.9 Å². The largest absolute Gasteiger partial charge is 0.475 e. The lowest BCUT2D eigenvalue weighted by atomic mass is 10.1. The smallest absolute Gasteiger partial charge is 0.347 e. The zero-order valence-corrected chi connectivity index (χ0v) is 18.7. The molecule has 1 unspecified atom stereocenters. The molecule has 4 aromatic rings. The third kappa shape index (κ3) is 4.21. The molecule has 0 N–H and O–H groups in total. The van der Waals surface area contributed by atoms with Crippen LogP contribution in [0.4, 0.5) is 4.39 Å². The maximum absolute atomic E-state index is 13.7. The summed E-state index contributed by atoms with van der Waals surface area (Å²) >= 11 is 0. The second-order valence-corrected chi connectivity index (χ2v) is 7.52. The van der Waals surface area contributed by atoms with Crippen molar-refractivity contribution in [2.45, 2.75) is 33.8 Å². The Balaban J connectivity index is 1.79. The number of hydrogen-bond donors (Lipinski definition) is 0. The summed E-state index contributed by atoms with van der Waals surface area (Å²) in [7, 11) is 0. The van der Waals surface area contributed by atoms with E-state index in [2.05, 4.69) is 10.1 Å². The number of carbonyl (C=O) groups is 1. The lowest BCUT2D eigenvalue weighted by Crippen LogP contribution is -2.27. The highest BCUT2D eigenvalue weighted by atomic mass is 19.1. The van der Waals surface area contributed by atoms with Crippen molar-refractivity contribution in [3.05, 3.63) is 76.2 Å². The molecule has 0 saturated heterocycles. The van der Waals surface area contributed by atoms with Gasteiger partial charge in [0.25, 0.3) is 5.56 Å². The van der Waals surface area contributed by atoms with Gasteiger partial charge in [0.2, 0.25) is 0 Å². The Morgan fingerprint density at radius 2 is 1.97 bits per heavy atom. The molecule has 0 bridgehead atoms. The van der Waals surface area contributed by atoms with Gasteiger partial charge in [0.05, 0.1) is 23.6 Å². The monoisotopic (exact) mass is 450 g/mol. The van der Waals surface area contributed by atoms with E-state index in [-0.39, 0.29) is 29.4 Å². The molecule has 3 heterocycles. The van der Waals surface area contributed by atoms with Crippen LogP contribution in [0.3, 0.4) is 0 Å². The van der Waals surface area contributed by atoms with Crippen LogP contribution in [-0.2, 0) is 9.53 Å². The first-order valence-corrected chi connectivity index (χ1v) is 10.5. The minimum atomic E-state index is -0.863. The highest BCUT2D eigenvalue weighted by Gasteiger charge is 2.21. The number of rotatable bonds is 6. The SMILES string of the molecule is CCOC(=O)C(C)Oc1cccn2c(=O)c(-c3cc(C)n(-c4cccc(F)c4)n3)c(C)nc12. The van der Waals surface area contributed by atoms with Crippen LogP contribution in [0.25, 0.3) is 22.6 Å². The number of benzene rings is 1. The predicted octanol–water partition coefficient (Wildman–Crippen LogP) is 3.63. The highest BCUT2D eigenvalue weighted by Crippen LogP contribution is 2.24. The number of aryl methyl sites for hydroxylation is 2. The summed E-state index contributed by atoms with van der Waals surface area (Å²) in [5, 5.41) is 4.54. The number of nitrogens with zero attached hydrogens (tertiary/aromatic N) is 4. The van der Waals surface area contributed by atoms with Crippen LogP contribution < -0.4 is 10.3 Å². The van der Waals surface area contributed by atoms with Gasteiger partial charge in [-0.3, -0.25) is 9.20 Å². The van der Waals surface area contributed by atoms with E-state index in [0.29, 0.717) is 22.6 Å². The lowest BCUT2D eigenvalue weighted by molar-refractivity contribution is -0.150. The molecule has 33 heavy (non-hydrogen) atoms. The van der Waals surface area contributed by atoms with Crippen molar-refractivity contribution < 1.29 is 18.7 Å². The average Bonchev–Trinajstić information content (AvgIpc) is 3.15. The molecule has 170 valence electrons. The van der Waals surface area contributed by atoms with E-state index in [4.69, 9.17) is 9.47 Å². The van der Waals surface area contributed by atoms with E-state index < -0.39 is 12.1 Å². The number of hydrogen-bond acceptors (Lipinski definition) is 6. The van der Waals surface area contributed by atoms with E-state index in [1.165, 1.54) is 16.5 Å². The molecule has 0 spiro atoms. The van der Waals surface area contributed by atoms with E-state index >= 15 is 0 Å². The van der Waals surface area contributed by atoms with Crippen LogP contribution in [0.5, 0.6) is 5.75 Å². The molecular formula is C24H23FN4O4. The Bertz CT molecular complexity index is 1410. The van der Waals surface area contributed by atoms with Gasteiger partial charge < -0.3 is 9.47 Å². The zero-order valence-electron chi connectivity index (χ0n) is 18.7. The van der Waals surface area contributed by atoms with Gasteiger partial charge in [-0.25, -0.2) is 18.9 Å². The van der Waals surface area contributed by atoms with E-state index in [0.717, 1.165) is 5.69 Å². The van der Waals surface area contributed by atoms with Crippen molar-refractivity contribution in [3.63, 3.8) is 0 Å². The number of halogens is 1. The summed E-state index contributed by atoms with van der Waals surface area (Å²) < 4.78 is 27.3. The van der Waals surface area contributed by atoms with Crippen molar-refractivity contribution in [3.8, 4) is 22.7 Å². The molecule has 0 amide bonds. The minimum absolute atomic E-state index is 0.240. The quantitative estimate of drug-likeness (QED) is 0.417. The average molecular weight is 450 g/mol. The number of ether oxygens (including phenoxy) is 2. The van der Waals surface area contributed by atoms with Crippen LogP contribution in [0, 0.1) is 19.7 Å². The summed E-state index contributed by atoms with van der Waals surface area (Å²) in [5.74, 6) is -0.600. The Kier molecular flexibility index (Phi) is 5.95. The molecule has 0 saturated carbocycles. The summed E-state index contributed by atoms with van der Waals surface area (Å²) in [5.41, 5.74) is 2.42. The number of fused-ring (bicyclic) bond motifs is 1. The van der Waals surface area contributed by atoms with Crippen LogP contribution in [0.15, 0.2) is 53.5 Å². The third-order valence-corrected chi connectivity index (χ3v) is 5.12. The van der Waals surface area contributed by atoms with Gasteiger partial charge in [-0.2, -0.15) is 5.10 Å². The molecule has 0 aliphatic heterocycles. The summed E-state index contributed by atoms with van der Waals surface area (Å²) in [4.78, 5) is 29.9. The molecule has 1 aromatic carbocycles. The van der Waals surface area contributed by atoms with Gasteiger partial charge >= 0.3 is 5.97 Å². The van der Waals surface area contributed by atoms with Crippen LogP contribution in [0.1, 0.15) is 25.2 Å². The molecule has 4 rings (SSSR count). The Morgan fingerprint density at radius 1 is 1.18 bits per heavy atom. The fourth-order valence-corrected chi connectivity index (χ4v) is 3.59. The predicted molar refractivity (Wildman–Crippen MR) is 120 cm³/mol. The van der Waals surface area contributed by atoms with Gasteiger partial charge in [0.1, 0.15) is 11.5 Å². The molecule has 0 radical (unpaired) electrons. The Morgan fingerprint density at radius 3 is 2.70 bits per heavy atom. The first-order chi connectivity index (χ1) is 15.8. The molecule has 1 atom stereocenters. The normalized spacial score (nSPS) is 12.0. The molecule has 0 aliphatic carbocycles. The van der Waals surface area contributed by atoms with Crippen molar-refractivity contribution in [1.29, 1.82) is 0 Å². The first-order valence-electron chi connectivity index (χ1n) is 10.5. The molecular weight excluding hydrogens is 427 g/mol. The number of esters is 1. The summed E-state index contributed by atoms with van der Waals surface area (Å²) in [6.45, 7) is 7.06. The fourth-order valence-electron chi connectivity index (χ4n) is 3.59. The van der Waals surface area contributed by atoms with Crippen LogP contribution in [0.2, 0.25) is 0 Å². The van der Waals surface area contributed by atoms with Crippen LogP contribution >= 0.6 is 0 Å². The Hall–Kier alpha value is -4.01. The first kappa shape index (κ1) is 22.2. The van der Waals surface area contributed by atoms with Crippen molar-refractivity contribution in [2.75, 3.05) is 6.61 Å². The topological polar surface area (TPSA) is 87.7 Å². The maximum Gasteiger partial charge on any atom is 0.347 e. The number of pyridine rings is 1. The molecule has 8 nitrogen and oxygen atoms in total. The van der Waals surface area contributed by atoms with E-state index in [9.17, 15) is 14.0 Å². The second kappa shape index (κ2) is 8.85. The summed E-state index contributed by atoms with van der Waals surface area (Å²) in [6.07, 6.45) is 0.712. The van der Waals surface area contributed by atoms with Gasteiger partial charge in [-0.05, 0) is 64.1 Å². The zero-order chi connectivity index (χ0) is 23.7. The molecule has 3 aromatic heterocycles. The Labute approximate surface area is 189 Å². The third-order valence-electron chi connectivity index (χ3n) is 5.12. The van der Waals surface area contributed by atoms with Gasteiger partial charge in [-0.15, -0.1) is 0 Å². The highest BCUT2D eigenvalue weighted by molar-refractivity contribution is 5.75. The number of carbonyl (C=O) groups excluding carboxylic acids is 1. The van der Waals surface area contributed by atoms with Gasteiger partial charge in [0.15, 0.2) is 17.5 Å². The van der Waals surface area contributed by atoms with Crippen LogP contribution in [-0.4, -0.2) is 37.8 Å². The van der Waals surface area contributed by atoms with Crippen molar-refractivity contribution in [2.24, 2.45) is 0 Å². The molecule has 9 heteroatoms. The summed E-state index contributed by atoms with van der Waals surface area (Å²) in [6, 6.07) is 11.1. The van der Waals surface area contributed by atoms with E-state index in [1.807, 2.05) is 6.92 Å². The van der Waals surface area contributed by atoms with E-state index in [1.54, 1.807) is 62.0 Å². The van der Waals surface area contributed by atoms with Crippen molar-refractivity contribution >= 4 is 11.6 Å². The standard InChI is InChI=1S/C24H23FN4O4/c1-5-32-24(31)16(4)33-20-10-7-11-28-22(20)26-15(3)21(23(28)30)19-12-14(2)29(27-19)18-9-6-8-17(25)13-18/h6-13,16H,5H2,1-4H3.